The molecule has 19 heavy (non-hydrogen) atoms. The fraction of sp³-hybridized carbons (Fsp3) is 0.462. The minimum atomic E-state index is -0.906. The number of aliphatic hydroxyl groups is 1. The van der Waals surface area contributed by atoms with E-state index in [1.54, 1.807) is 25.1 Å². The number of aliphatic hydroxyl groups excluding tert-OH is 1. The number of aliphatic carboxylic acids is 1. The molecule has 0 bridgehead atoms. The molecule has 1 unspecified atom stereocenters. The van der Waals surface area contributed by atoms with E-state index >= 15 is 0 Å². The lowest BCUT2D eigenvalue weighted by Crippen LogP contribution is -2.28. The van der Waals surface area contributed by atoms with Crippen molar-refractivity contribution in [3.63, 3.8) is 0 Å². The predicted molar refractivity (Wildman–Crippen MR) is 70.9 cm³/mol. The number of methoxy groups -OCH3 is 1. The number of carbonyl (C=O) groups is 1. The Balaban J connectivity index is 2.87. The molecule has 0 saturated heterocycles. The largest absolute Gasteiger partial charge is 0.493 e. The fourth-order valence-corrected chi connectivity index (χ4v) is 1.57. The number of benzene rings is 1. The summed E-state index contributed by atoms with van der Waals surface area (Å²) in [5.74, 6) is 0.0836. The van der Waals surface area contributed by atoms with Gasteiger partial charge in [0.05, 0.1) is 13.7 Å². The van der Waals surface area contributed by atoms with Crippen LogP contribution < -0.4 is 14.8 Å². The molecular weight excluding hydrogens is 250 g/mol. The lowest BCUT2D eigenvalue weighted by molar-refractivity contribution is -0.137. The number of hydrogen-bond acceptors (Lipinski definition) is 5. The van der Waals surface area contributed by atoms with Crippen LogP contribution in [0.25, 0.3) is 0 Å². The predicted octanol–water partition coefficient (Wildman–Crippen LogP) is 1.34. The quantitative estimate of drug-likeness (QED) is 0.660. The molecule has 1 aromatic rings. The summed E-state index contributed by atoms with van der Waals surface area (Å²) < 4.78 is 10.5. The summed E-state index contributed by atoms with van der Waals surface area (Å²) >= 11 is 0. The highest BCUT2D eigenvalue weighted by Crippen LogP contribution is 2.30. The second kappa shape index (κ2) is 7.48. The third kappa shape index (κ3) is 4.33. The van der Waals surface area contributed by atoms with Crippen molar-refractivity contribution in [2.75, 3.05) is 25.6 Å². The number of rotatable bonds is 8. The van der Waals surface area contributed by atoms with Gasteiger partial charge in [0.15, 0.2) is 11.5 Å². The Kier molecular flexibility index (Phi) is 5.95. The summed E-state index contributed by atoms with van der Waals surface area (Å²) in [5.41, 5.74) is 0.628. The molecule has 0 aliphatic heterocycles. The van der Waals surface area contributed by atoms with E-state index in [1.165, 1.54) is 7.11 Å². The van der Waals surface area contributed by atoms with E-state index in [0.717, 1.165) is 0 Å². The van der Waals surface area contributed by atoms with E-state index in [0.29, 0.717) is 23.6 Å². The second-order valence-electron chi connectivity index (χ2n) is 3.88. The third-order valence-corrected chi connectivity index (χ3v) is 2.56. The van der Waals surface area contributed by atoms with Crippen LogP contribution >= 0.6 is 0 Å². The Morgan fingerprint density at radius 2 is 2.16 bits per heavy atom. The average molecular weight is 269 g/mol. The molecular formula is C13H19NO5. The van der Waals surface area contributed by atoms with Crippen molar-refractivity contribution < 1.29 is 24.5 Å². The van der Waals surface area contributed by atoms with Crippen molar-refractivity contribution >= 4 is 11.7 Å². The maximum absolute atomic E-state index is 11.0. The van der Waals surface area contributed by atoms with Gasteiger partial charge in [-0.15, -0.1) is 0 Å². The molecule has 3 N–H and O–H groups in total. The van der Waals surface area contributed by atoms with E-state index in [1.807, 2.05) is 0 Å². The Labute approximate surface area is 112 Å². The fourth-order valence-electron chi connectivity index (χ4n) is 1.57. The zero-order chi connectivity index (χ0) is 14.3. The van der Waals surface area contributed by atoms with Crippen molar-refractivity contribution in [1.29, 1.82) is 0 Å². The summed E-state index contributed by atoms with van der Waals surface area (Å²) in [5, 5.41) is 20.7. The first-order valence-corrected chi connectivity index (χ1v) is 6.03. The first-order valence-electron chi connectivity index (χ1n) is 6.03. The highest BCUT2D eigenvalue weighted by Gasteiger charge is 2.15. The summed E-state index contributed by atoms with van der Waals surface area (Å²) in [6.07, 6.45) is 0.466. The molecule has 0 aliphatic carbocycles. The highest BCUT2D eigenvalue weighted by atomic mass is 16.5. The summed E-state index contributed by atoms with van der Waals surface area (Å²) in [6.45, 7) is 1.84. The van der Waals surface area contributed by atoms with E-state index < -0.39 is 12.0 Å². The molecule has 0 amide bonds. The monoisotopic (exact) mass is 269 g/mol. The number of ether oxygens (including phenoxy) is 2. The zero-order valence-corrected chi connectivity index (χ0v) is 11.0. The van der Waals surface area contributed by atoms with Crippen molar-refractivity contribution in [1.82, 2.24) is 0 Å². The van der Waals surface area contributed by atoms with Gasteiger partial charge in [-0.1, -0.05) is 6.92 Å². The number of anilines is 1. The van der Waals surface area contributed by atoms with Crippen LogP contribution in [0.15, 0.2) is 18.2 Å². The van der Waals surface area contributed by atoms with Gasteiger partial charge < -0.3 is 25.0 Å². The van der Waals surface area contributed by atoms with Crippen LogP contribution in [0.1, 0.15) is 13.3 Å². The molecule has 0 saturated carbocycles. The average Bonchev–Trinajstić information content (AvgIpc) is 2.42. The van der Waals surface area contributed by atoms with Crippen LogP contribution in [0.4, 0.5) is 5.69 Å². The molecule has 0 radical (unpaired) electrons. The van der Waals surface area contributed by atoms with Crippen molar-refractivity contribution in [2.45, 2.75) is 19.4 Å². The van der Waals surface area contributed by atoms with Gasteiger partial charge in [-0.2, -0.15) is 0 Å². The molecule has 0 spiro atoms. The van der Waals surface area contributed by atoms with Crippen LogP contribution in [-0.2, 0) is 4.79 Å². The minimum Gasteiger partial charge on any atom is -0.493 e. The minimum absolute atomic E-state index is 0.104. The standard InChI is InChI=1S/C13H19NO5/c1-3-10(13(16)17)14-9-4-5-11(18-2)12(8-9)19-7-6-15/h4-5,8,10,14-15H,3,6-7H2,1-2H3,(H,16,17). The Bertz CT molecular complexity index is 421. The van der Waals surface area contributed by atoms with Crippen LogP contribution in [0.5, 0.6) is 11.5 Å². The maximum atomic E-state index is 11.0. The van der Waals surface area contributed by atoms with Crippen LogP contribution in [0.2, 0.25) is 0 Å². The van der Waals surface area contributed by atoms with Crippen molar-refractivity contribution in [3.05, 3.63) is 18.2 Å². The van der Waals surface area contributed by atoms with Gasteiger partial charge in [0.1, 0.15) is 12.6 Å². The molecule has 0 heterocycles. The highest BCUT2D eigenvalue weighted by molar-refractivity contribution is 5.77. The van der Waals surface area contributed by atoms with E-state index in [2.05, 4.69) is 5.32 Å². The molecule has 0 fully saturated rings. The number of nitrogens with one attached hydrogen (secondary N) is 1. The van der Waals surface area contributed by atoms with Crippen LogP contribution in [0, 0.1) is 0 Å². The molecule has 1 atom stereocenters. The Morgan fingerprint density at radius 1 is 1.42 bits per heavy atom. The van der Waals surface area contributed by atoms with Gasteiger partial charge in [0.2, 0.25) is 0 Å². The Hall–Kier alpha value is -1.95. The zero-order valence-electron chi connectivity index (χ0n) is 11.0. The first-order chi connectivity index (χ1) is 9.12. The molecule has 6 nitrogen and oxygen atoms in total. The lowest BCUT2D eigenvalue weighted by atomic mass is 10.2. The SMILES string of the molecule is CCC(Nc1ccc(OC)c(OCCO)c1)C(=O)O. The van der Waals surface area contributed by atoms with E-state index in [-0.39, 0.29) is 13.2 Å². The smallest absolute Gasteiger partial charge is 0.326 e. The van der Waals surface area contributed by atoms with Gasteiger partial charge in [0.25, 0.3) is 0 Å². The number of hydrogen-bond donors (Lipinski definition) is 3. The van der Waals surface area contributed by atoms with Gasteiger partial charge in [-0.3, -0.25) is 0 Å². The van der Waals surface area contributed by atoms with Crippen molar-refractivity contribution in [2.24, 2.45) is 0 Å². The van der Waals surface area contributed by atoms with Crippen molar-refractivity contribution in [3.8, 4) is 11.5 Å². The van der Waals surface area contributed by atoms with Gasteiger partial charge in [-0.25, -0.2) is 4.79 Å². The van der Waals surface area contributed by atoms with Crippen LogP contribution in [0.3, 0.4) is 0 Å². The number of carboxylic acids is 1. The van der Waals surface area contributed by atoms with Gasteiger partial charge in [-0.05, 0) is 18.6 Å². The molecule has 1 aromatic carbocycles. The first kappa shape index (κ1) is 15.1. The second-order valence-corrected chi connectivity index (χ2v) is 3.88. The van der Waals surface area contributed by atoms with Crippen LogP contribution in [-0.4, -0.2) is 42.5 Å². The van der Waals surface area contributed by atoms with Gasteiger partial charge in [0, 0.05) is 11.8 Å². The molecule has 106 valence electrons. The summed E-state index contributed by atoms with van der Waals surface area (Å²) in [4.78, 5) is 11.0. The summed E-state index contributed by atoms with van der Waals surface area (Å²) in [6, 6.07) is 4.40. The van der Waals surface area contributed by atoms with Gasteiger partial charge >= 0.3 is 5.97 Å². The van der Waals surface area contributed by atoms with E-state index in [4.69, 9.17) is 19.7 Å². The molecule has 0 aromatic heterocycles. The molecule has 0 aliphatic rings. The molecule has 1 rings (SSSR count). The summed E-state index contributed by atoms with van der Waals surface area (Å²) in [7, 11) is 1.51. The molecule has 6 heteroatoms. The normalized spacial score (nSPS) is 11.7. The number of carboxylic acid groups (broad SMARTS) is 1. The van der Waals surface area contributed by atoms with E-state index in [9.17, 15) is 4.79 Å². The lowest BCUT2D eigenvalue weighted by Gasteiger charge is -2.16. The third-order valence-electron chi connectivity index (χ3n) is 2.56. The maximum Gasteiger partial charge on any atom is 0.326 e. The Morgan fingerprint density at radius 3 is 2.68 bits per heavy atom. The topological polar surface area (TPSA) is 88.0 Å².